The predicted molar refractivity (Wildman–Crippen MR) is 208 cm³/mol. The first-order valence-corrected chi connectivity index (χ1v) is 20.2. The number of hydrogen-bond acceptors (Lipinski definition) is 10. The molecule has 6 rings (SSSR count). The molecule has 14 nitrogen and oxygen atoms in total. The third-order valence-corrected chi connectivity index (χ3v) is 12.1. The van der Waals surface area contributed by atoms with Crippen LogP contribution in [0.1, 0.15) is 74.6 Å². The number of esters is 2. The molecule has 2 aromatic carbocycles. The number of phenolic OH excluding ortho intramolecular Hbond substituents is 1. The molecule has 4 aliphatic rings. The van der Waals surface area contributed by atoms with Crippen LogP contribution in [-0.2, 0) is 41.4 Å². The van der Waals surface area contributed by atoms with E-state index in [0.29, 0.717) is 89.0 Å². The van der Waals surface area contributed by atoms with Crippen LogP contribution in [0.3, 0.4) is 0 Å². The lowest BCUT2D eigenvalue weighted by atomic mass is 9.82. The maximum atomic E-state index is 14.4. The topological polar surface area (TPSA) is 158 Å². The fourth-order valence-corrected chi connectivity index (χ4v) is 8.87. The number of hydrogen-bond donors (Lipinski definition) is 2. The molecule has 0 aliphatic carbocycles. The SMILES string of the molecule is CCOC(=O)C1CCN(C2(C(=O)OCC)CCN(C(=O)[C@@H](Cc3cc(C)c(O)c(C)c3)OC(=O)N3CCC(N4CCc5ccccc5NC4=O)CC3)CC2)CC1. The number of rotatable bonds is 10. The lowest BCUT2D eigenvalue weighted by molar-refractivity contribution is -0.167. The Kier molecular flexibility index (Phi) is 13.1. The van der Waals surface area contributed by atoms with Gasteiger partial charge in [0.15, 0.2) is 6.10 Å². The number of nitrogens with zero attached hydrogens (tertiary/aromatic N) is 4. The maximum Gasteiger partial charge on any atom is 0.410 e. The number of benzene rings is 2. The van der Waals surface area contributed by atoms with E-state index < -0.39 is 17.7 Å². The lowest BCUT2D eigenvalue weighted by Gasteiger charge is -2.49. The molecule has 0 unspecified atom stereocenters. The van der Waals surface area contributed by atoms with E-state index in [9.17, 15) is 29.1 Å². The Morgan fingerprint density at radius 3 is 2.14 bits per heavy atom. The highest BCUT2D eigenvalue weighted by Crippen LogP contribution is 2.35. The molecule has 3 saturated heterocycles. The summed E-state index contributed by atoms with van der Waals surface area (Å²) in [4.78, 5) is 74.7. The molecular formula is C42H57N5O9. The van der Waals surface area contributed by atoms with Crippen molar-refractivity contribution in [3.05, 3.63) is 58.7 Å². The quantitative estimate of drug-likeness (QED) is 0.254. The van der Waals surface area contributed by atoms with Gasteiger partial charge in [-0.1, -0.05) is 30.3 Å². The van der Waals surface area contributed by atoms with E-state index in [1.54, 1.807) is 49.6 Å². The summed E-state index contributed by atoms with van der Waals surface area (Å²) >= 11 is 0. The number of anilines is 1. The number of carbonyl (C=O) groups excluding carboxylic acids is 5. The Labute approximate surface area is 329 Å². The van der Waals surface area contributed by atoms with Crippen molar-refractivity contribution in [3.63, 3.8) is 0 Å². The first-order valence-electron chi connectivity index (χ1n) is 20.2. The number of carbonyl (C=O) groups is 5. The van der Waals surface area contributed by atoms with Gasteiger partial charge in [-0.15, -0.1) is 0 Å². The van der Waals surface area contributed by atoms with E-state index in [-0.39, 0.29) is 67.7 Å². The number of para-hydroxylation sites is 1. The van der Waals surface area contributed by atoms with Crippen LogP contribution in [0.2, 0.25) is 0 Å². The second-order valence-electron chi connectivity index (χ2n) is 15.5. The lowest BCUT2D eigenvalue weighted by Crippen LogP contribution is -2.63. The van der Waals surface area contributed by atoms with Gasteiger partial charge in [-0.05, 0) is 101 Å². The van der Waals surface area contributed by atoms with Crippen LogP contribution < -0.4 is 5.32 Å². The standard InChI is InChI=1S/C42H57N5O9/c1-5-54-38(50)32-11-20-46(21-12-32)42(39(51)55-6-2)16-23-44(24-17-42)37(49)35(27-30-25-28(3)36(48)29(4)26-30)56-41(53)45-18-14-33(15-19-45)47-22-13-31-9-7-8-10-34(31)43-40(47)52/h7-10,25-26,32-33,35,48H,5-6,11-24,27H2,1-4H3,(H,43,52)/t35-/m1/s1. The summed E-state index contributed by atoms with van der Waals surface area (Å²) in [6.45, 7) is 10.6. The van der Waals surface area contributed by atoms with Gasteiger partial charge in [-0.3, -0.25) is 19.3 Å². The monoisotopic (exact) mass is 775 g/mol. The summed E-state index contributed by atoms with van der Waals surface area (Å²) in [6, 6.07) is 11.2. The fraction of sp³-hybridized carbons (Fsp3) is 0.595. The second kappa shape index (κ2) is 18.0. The summed E-state index contributed by atoms with van der Waals surface area (Å²) in [6.07, 6.45) is 2.08. The molecule has 4 aliphatic heterocycles. The van der Waals surface area contributed by atoms with E-state index in [0.717, 1.165) is 23.2 Å². The van der Waals surface area contributed by atoms with Crippen LogP contribution in [-0.4, -0.2) is 131 Å². The Hall–Kier alpha value is -4.85. The number of phenols is 1. The minimum atomic E-state index is -1.14. The van der Waals surface area contributed by atoms with E-state index in [2.05, 4.69) is 10.2 Å². The first-order chi connectivity index (χ1) is 26.9. The van der Waals surface area contributed by atoms with Gasteiger partial charge in [0.2, 0.25) is 0 Å². The highest BCUT2D eigenvalue weighted by Gasteiger charge is 2.50. The zero-order valence-corrected chi connectivity index (χ0v) is 33.2. The van der Waals surface area contributed by atoms with Gasteiger partial charge in [0.1, 0.15) is 11.3 Å². The zero-order valence-electron chi connectivity index (χ0n) is 33.2. The second-order valence-corrected chi connectivity index (χ2v) is 15.5. The minimum absolute atomic E-state index is 0.0438. The number of ether oxygens (including phenoxy) is 3. The number of amides is 4. The summed E-state index contributed by atoms with van der Waals surface area (Å²) in [5.74, 6) is -0.928. The molecule has 304 valence electrons. The number of aromatic hydroxyl groups is 1. The van der Waals surface area contributed by atoms with Gasteiger partial charge in [0.25, 0.3) is 5.91 Å². The Bertz CT molecular complexity index is 1740. The molecule has 0 radical (unpaired) electrons. The molecule has 0 saturated carbocycles. The minimum Gasteiger partial charge on any atom is -0.507 e. The van der Waals surface area contributed by atoms with Crippen molar-refractivity contribution < 1.29 is 43.3 Å². The molecule has 4 amide bonds. The third-order valence-electron chi connectivity index (χ3n) is 12.1. The van der Waals surface area contributed by atoms with Crippen molar-refractivity contribution in [2.75, 3.05) is 64.3 Å². The van der Waals surface area contributed by atoms with E-state index >= 15 is 0 Å². The number of piperidine rings is 3. The largest absolute Gasteiger partial charge is 0.507 e. The predicted octanol–water partition coefficient (Wildman–Crippen LogP) is 4.81. The molecule has 4 heterocycles. The highest BCUT2D eigenvalue weighted by molar-refractivity contribution is 5.91. The van der Waals surface area contributed by atoms with Crippen LogP contribution in [0.4, 0.5) is 15.3 Å². The van der Waals surface area contributed by atoms with Crippen molar-refractivity contribution in [3.8, 4) is 5.75 Å². The van der Waals surface area contributed by atoms with Crippen molar-refractivity contribution in [2.45, 2.75) is 96.7 Å². The van der Waals surface area contributed by atoms with Crippen LogP contribution in [0.5, 0.6) is 5.75 Å². The molecule has 14 heteroatoms. The first kappa shape index (κ1) is 40.8. The van der Waals surface area contributed by atoms with Gasteiger partial charge in [0.05, 0.1) is 19.1 Å². The van der Waals surface area contributed by atoms with Crippen molar-refractivity contribution in [2.24, 2.45) is 5.92 Å². The highest BCUT2D eigenvalue weighted by atomic mass is 16.6. The zero-order chi connectivity index (χ0) is 40.0. The molecule has 56 heavy (non-hydrogen) atoms. The third kappa shape index (κ3) is 8.90. The van der Waals surface area contributed by atoms with Gasteiger partial charge in [0, 0.05) is 64.0 Å². The van der Waals surface area contributed by atoms with Gasteiger partial charge in [-0.2, -0.15) is 0 Å². The molecule has 0 bridgehead atoms. The average Bonchev–Trinajstić information content (AvgIpc) is 3.37. The summed E-state index contributed by atoms with van der Waals surface area (Å²) < 4.78 is 16.9. The summed E-state index contributed by atoms with van der Waals surface area (Å²) in [5, 5.41) is 13.5. The fourth-order valence-electron chi connectivity index (χ4n) is 8.87. The Morgan fingerprint density at radius 2 is 1.50 bits per heavy atom. The maximum absolute atomic E-state index is 14.4. The van der Waals surface area contributed by atoms with Crippen LogP contribution in [0.25, 0.3) is 0 Å². The van der Waals surface area contributed by atoms with E-state index in [1.165, 1.54) is 0 Å². The smallest absolute Gasteiger partial charge is 0.410 e. The van der Waals surface area contributed by atoms with Crippen LogP contribution in [0.15, 0.2) is 36.4 Å². The number of aryl methyl sites for hydroxylation is 2. The molecule has 2 aromatic rings. The van der Waals surface area contributed by atoms with Crippen LogP contribution >= 0.6 is 0 Å². The summed E-state index contributed by atoms with van der Waals surface area (Å²) in [7, 11) is 0. The number of fused-ring (bicyclic) bond motifs is 1. The molecule has 3 fully saturated rings. The molecule has 0 spiro atoms. The number of urea groups is 1. The van der Waals surface area contributed by atoms with Gasteiger partial charge in [-0.25, -0.2) is 9.59 Å². The van der Waals surface area contributed by atoms with Gasteiger partial charge >= 0.3 is 24.1 Å². The molecule has 2 N–H and O–H groups in total. The Morgan fingerprint density at radius 1 is 0.857 bits per heavy atom. The van der Waals surface area contributed by atoms with E-state index in [4.69, 9.17) is 14.2 Å². The Balaban J connectivity index is 1.12. The van der Waals surface area contributed by atoms with Crippen molar-refractivity contribution >= 4 is 35.7 Å². The number of nitrogens with one attached hydrogen (secondary N) is 1. The average molecular weight is 776 g/mol. The molecule has 1 atom stereocenters. The molecular weight excluding hydrogens is 718 g/mol. The van der Waals surface area contributed by atoms with E-state index in [1.807, 2.05) is 29.2 Å². The number of likely N-dealkylation sites (tertiary alicyclic amines) is 3. The molecule has 0 aromatic heterocycles. The van der Waals surface area contributed by atoms with Crippen molar-refractivity contribution in [1.29, 1.82) is 0 Å². The summed E-state index contributed by atoms with van der Waals surface area (Å²) in [5.41, 5.74) is 3.04. The van der Waals surface area contributed by atoms with Crippen molar-refractivity contribution in [1.82, 2.24) is 19.6 Å². The van der Waals surface area contributed by atoms with Crippen LogP contribution in [0, 0.1) is 19.8 Å². The van der Waals surface area contributed by atoms with Gasteiger partial charge < -0.3 is 39.3 Å². The normalized spacial score (nSPS) is 20.0.